The Morgan fingerprint density at radius 3 is 2.45 bits per heavy atom. The van der Waals surface area contributed by atoms with Gasteiger partial charge in [-0.2, -0.15) is 4.31 Å². The second-order valence-corrected chi connectivity index (χ2v) is 7.25. The molecule has 0 bridgehead atoms. The van der Waals surface area contributed by atoms with Gasteiger partial charge in [0.2, 0.25) is 10.0 Å². The first-order valence-corrected chi connectivity index (χ1v) is 8.37. The summed E-state index contributed by atoms with van der Waals surface area (Å²) in [5.41, 5.74) is 0.103. The van der Waals surface area contributed by atoms with Crippen molar-refractivity contribution in [3.05, 3.63) is 18.0 Å². The van der Waals surface area contributed by atoms with Crippen LogP contribution in [0.2, 0.25) is 0 Å². The van der Waals surface area contributed by atoms with Gasteiger partial charge in [0, 0.05) is 26.3 Å². The molecule has 1 aliphatic heterocycles. The number of amides is 1. The van der Waals surface area contributed by atoms with Crippen molar-refractivity contribution in [2.75, 3.05) is 13.1 Å². The van der Waals surface area contributed by atoms with Crippen molar-refractivity contribution in [1.29, 1.82) is 0 Å². The maximum atomic E-state index is 12.4. The number of carboxylic acid groups (broad SMARTS) is 1. The number of hydrogen-bond acceptors (Lipinski definition) is 4. The molecule has 1 atom stereocenters. The number of aromatic nitrogens is 1. The van der Waals surface area contributed by atoms with Crippen LogP contribution < -0.4 is 5.32 Å². The van der Waals surface area contributed by atoms with Gasteiger partial charge in [-0.1, -0.05) is 0 Å². The number of rotatable bonds is 5. The molecule has 1 aliphatic rings. The van der Waals surface area contributed by atoms with Crippen LogP contribution in [0.4, 0.5) is 0 Å². The summed E-state index contributed by atoms with van der Waals surface area (Å²) in [7, 11) is -2.06. The first-order valence-electron chi connectivity index (χ1n) is 6.93. The lowest BCUT2D eigenvalue weighted by Gasteiger charge is -2.13. The number of aryl methyl sites for hydroxylation is 1. The van der Waals surface area contributed by atoms with E-state index in [-0.39, 0.29) is 10.6 Å². The summed E-state index contributed by atoms with van der Waals surface area (Å²) in [6.07, 6.45) is 3.03. The fourth-order valence-electron chi connectivity index (χ4n) is 2.31. The van der Waals surface area contributed by atoms with Crippen LogP contribution in [0.25, 0.3) is 0 Å². The molecule has 8 nitrogen and oxygen atoms in total. The van der Waals surface area contributed by atoms with E-state index in [1.807, 2.05) is 0 Å². The van der Waals surface area contributed by atoms with Crippen LogP contribution in [-0.4, -0.2) is 53.4 Å². The van der Waals surface area contributed by atoms with Gasteiger partial charge < -0.3 is 15.0 Å². The average molecular weight is 329 g/mol. The third-order valence-corrected chi connectivity index (χ3v) is 5.50. The summed E-state index contributed by atoms with van der Waals surface area (Å²) in [6, 6.07) is 0.221. The monoisotopic (exact) mass is 329 g/mol. The van der Waals surface area contributed by atoms with Crippen LogP contribution in [0.5, 0.6) is 0 Å². The Bertz CT molecular complexity index is 689. The average Bonchev–Trinajstić information content (AvgIpc) is 3.07. The molecule has 1 amide bonds. The van der Waals surface area contributed by atoms with Crippen LogP contribution >= 0.6 is 0 Å². The minimum Gasteiger partial charge on any atom is -0.480 e. The highest BCUT2D eigenvalue weighted by Crippen LogP contribution is 2.22. The molecule has 1 unspecified atom stereocenters. The quantitative estimate of drug-likeness (QED) is 0.791. The van der Waals surface area contributed by atoms with Gasteiger partial charge in [0.25, 0.3) is 5.91 Å². The highest BCUT2D eigenvalue weighted by Gasteiger charge is 2.29. The van der Waals surface area contributed by atoms with Gasteiger partial charge in [-0.25, -0.2) is 8.42 Å². The third-order valence-electron chi connectivity index (χ3n) is 3.63. The van der Waals surface area contributed by atoms with Gasteiger partial charge in [0.1, 0.15) is 16.6 Å². The van der Waals surface area contributed by atoms with Crippen LogP contribution in [-0.2, 0) is 21.9 Å². The van der Waals surface area contributed by atoms with Gasteiger partial charge in [-0.3, -0.25) is 9.59 Å². The molecule has 1 fully saturated rings. The van der Waals surface area contributed by atoms with Gasteiger partial charge in [-0.05, 0) is 25.8 Å². The largest absolute Gasteiger partial charge is 0.480 e. The predicted octanol–water partition coefficient (Wildman–Crippen LogP) is 0.0125. The highest BCUT2D eigenvalue weighted by atomic mass is 32.2. The van der Waals surface area contributed by atoms with Crippen molar-refractivity contribution in [3.8, 4) is 0 Å². The number of nitrogens with one attached hydrogen (secondary N) is 1. The second-order valence-electron chi connectivity index (χ2n) is 5.32. The number of hydrogen-bond donors (Lipinski definition) is 2. The predicted molar refractivity (Wildman–Crippen MR) is 78.0 cm³/mol. The first kappa shape index (κ1) is 16.5. The molecule has 0 radical (unpaired) electrons. The standard InChI is InChI=1S/C13H19N3O5S/c1-9(13(18)19)14-12(17)11-7-10(8-15(11)2)22(20,21)16-5-3-4-6-16/h7-9H,3-6H2,1-2H3,(H,14,17)(H,18,19). The molecule has 0 saturated carbocycles. The van der Waals surface area contributed by atoms with E-state index in [9.17, 15) is 18.0 Å². The smallest absolute Gasteiger partial charge is 0.325 e. The van der Waals surface area contributed by atoms with E-state index in [0.29, 0.717) is 13.1 Å². The Labute approximate surface area is 128 Å². The summed E-state index contributed by atoms with van der Waals surface area (Å²) in [4.78, 5) is 22.8. The Morgan fingerprint density at radius 1 is 1.32 bits per heavy atom. The number of aliphatic carboxylic acids is 1. The zero-order valence-electron chi connectivity index (χ0n) is 12.4. The number of sulfonamides is 1. The second kappa shape index (κ2) is 6.09. The number of carboxylic acids is 1. The lowest BCUT2D eigenvalue weighted by molar-refractivity contribution is -0.138. The number of carbonyl (C=O) groups is 2. The SMILES string of the molecule is CC(NC(=O)c1cc(S(=O)(=O)N2CCCC2)cn1C)C(=O)O. The Kier molecular flexibility index (Phi) is 4.57. The molecule has 1 aromatic rings. The fourth-order valence-corrected chi connectivity index (χ4v) is 3.90. The van der Waals surface area contributed by atoms with E-state index < -0.39 is 27.9 Å². The maximum Gasteiger partial charge on any atom is 0.325 e. The van der Waals surface area contributed by atoms with Crippen LogP contribution in [0.3, 0.4) is 0 Å². The lowest BCUT2D eigenvalue weighted by Crippen LogP contribution is -2.39. The molecule has 122 valence electrons. The van der Waals surface area contributed by atoms with Crippen LogP contribution in [0.1, 0.15) is 30.3 Å². The van der Waals surface area contributed by atoms with E-state index in [4.69, 9.17) is 5.11 Å². The van der Waals surface area contributed by atoms with Crippen LogP contribution in [0, 0.1) is 0 Å². The summed E-state index contributed by atoms with van der Waals surface area (Å²) >= 11 is 0. The molecule has 0 aliphatic carbocycles. The molecular formula is C13H19N3O5S. The Hall–Kier alpha value is -1.87. The zero-order chi connectivity index (χ0) is 16.5. The molecule has 0 spiro atoms. The number of carbonyl (C=O) groups excluding carboxylic acids is 1. The summed E-state index contributed by atoms with van der Waals surface area (Å²) in [5, 5.41) is 11.1. The van der Waals surface area contributed by atoms with Gasteiger partial charge in [-0.15, -0.1) is 0 Å². The molecule has 9 heteroatoms. The van der Waals surface area contributed by atoms with E-state index in [1.54, 1.807) is 7.05 Å². The van der Waals surface area contributed by atoms with Crippen molar-refractivity contribution in [2.45, 2.75) is 30.7 Å². The topological polar surface area (TPSA) is 109 Å². The van der Waals surface area contributed by atoms with E-state index in [1.165, 1.54) is 28.1 Å². The summed E-state index contributed by atoms with van der Waals surface area (Å²) in [5.74, 6) is -1.78. The lowest BCUT2D eigenvalue weighted by atomic mass is 10.3. The van der Waals surface area contributed by atoms with Gasteiger partial charge in [0.05, 0.1) is 0 Å². The molecule has 1 saturated heterocycles. The van der Waals surface area contributed by atoms with E-state index in [0.717, 1.165) is 12.8 Å². The van der Waals surface area contributed by atoms with Crippen molar-refractivity contribution < 1.29 is 23.1 Å². The number of nitrogens with zero attached hydrogens (tertiary/aromatic N) is 2. The summed E-state index contributed by atoms with van der Waals surface area (Å²) in [6.45, 7) is 2.30. The van der Waals surface area contributed by atoms with E-state index in [2.05, 4.69) is 5.32 Å². The first-order chi connectivity index (χ1) is 10.2. The molecule has 2 N–H and O–H groups in total. The van der Waals surface area contributed by atoms with Crippen molar-refractivity contribution >= 4 is 21.9 Å². The molecule has 22 heavy (non-hydrogen) atoms. The molecular weight excluding hydrogens is 310 g/mol. The molecule has 1 aromatic heterocycles. The Morgan fingerprint density at radius 2 is 1.91 bits per heavy atom. The van der Waals surface area contributed by atoms with Crippen molar-refractivity contribution in [3.63, 3.8) is 0 Å². The molecule has 0 aromatic carbocycles. The highest BCUT2D eigenvalue weighted by molar-refractivity contribution is 7.89. The third kappa shape index (κ3) is 3.14. The Balaban J connectivity index is 2.24. The molecule has 2 rings (SSSR count). The fraction of sp³-hybridized carbons (Fsp3) is 0.538. The van der Waals surface area contributed by atoms with Crippen LogP contribution in [0.15, 0.2) is 17.2 Å². The van der Waals surface area contributed by atoms with Crippen molar-refractivity contribution in [1.82, 2.24) is 14.2 Å². The van der Waals surface area contributed by atoms with Crippen molar-refractivity contribution in [2.24, 2.45) is 7.05 Å². The minimum absolute atomic E-state index is 0.0463. The van der Waals surface area contributed by atoms with Gasteiger partial charge >= 0.3 is 5.97 Å². The zero-order valence-corrected chi connectivity index (χ0v) is 13.3. The maximum absolute atomic E-state index is 12.4. The minimum atomic E-state index is -3.60. The molecule has 2 heterocycles. The van der Waals surface area contributed by atoms with Gasteiger partial charge in [0.15, 0.2) is 0 Å². The van der Waals surface area contributed by atoms with E-state index >= 15 is 0 Å². The summed E-state index contributed by atoms with van der Waals surface area (Å²) < 4.78 is 27.7. The normalized spacial score (nSPS) is 17.4.